The molecule has 0 saturated heterocycles. The van der Waals surface area contributed by atoms with Gasteiger partial charge in [-0.05, 0) is 36.9 Å². The van der Waals surface area contributed by atoms with E-state index in [1.807, 2.05) is 11.3 Å². The molecule has 19 heavy (non-hydrogen) atoms. The summed E-state index contributed by atoms with van der Waals surface area (Å²) in [5.41, 5.74) is 1.55. The highest BCUT2D eigenvalue weighted by Gasteiger charge is 2.29. The molecule has 1 unspecified atom stereocenters. The van der Waals surface area contributed by atoms with Crippen molar-refractivity contribution in [1.82, 2.24) is 5.32 Å². The van der Waals surface area contributed by atoms with Crippen LogP contribution in [-0.4, -0.2) is 13.1 Å². The summed E-state index contributed by atoms with van der Waals surface area (Å²) in [6, 6.07) is 15.7. The molecule has 0 spiro atoms. The van der Waals surface area contributed by atoms with Crippen LogP contribution in [0, 0.1) is 0 Å². The molecule has 0 fully saturated rings. The van der Waals surface area contributed by atoms with E-state index in [-0.39, 0.29) is 5.41 Å². The summed E-state index contributed by atoms with van der Waals surface area (Å²) in [6.45, 7) is 4.66. The van der Waals surface area contributed by atoms with Crippen LogP contribution in [-0.2, 0) is 11.8 Å². The fourth-order valence-corrected chi connectivity index (χ4v) is 3.40. The predicted octanol–water partition coefficient (Wildman–Crippen LogP) is 4.25. The Morgan fingerprint density at radius 1 is 1.11 bits per heavy atom. The molecule has 1 aromatic carbocycles. The van der Waals surface area contributed by atoms with Gasteiger partial charge in [0.05, 0.1) is 0 Å². The van der Waals surface area contributed by atoms with E-state index in [4.69, 9.17) is 0 Å². The molecule has 0 amide bonds. The van der Waals surface area contributed by atoms with Gasteiger partial charge in [0.15, 0.2) is 0 Å². The molecule has 1 N–H and O–H groups in total. The lowest BCUT2D eigenvalue weighted by atomic mass is 9.76. The number of thiophene rings is 1. The van der Waals surface area contributed by atoms with E-state index >= 15 is 0 Å². The van der Waals surface area contributed by atoms with Gasteiger partial charge in [-0.25, -0.2) is 0 Å². The Balaban J connectivity index is 2.07. The van der Waals surface area contributed by atoms with Crippen LogP contribution in [0.25, 0.3) is 0 Å². The second-order valence-corrected chi connectivity index (χ2v) is 6.58. The Morgan fingerprint density at radius 3 is 2.42 bits per heavy atom. The van der Waals surface area contributed by atoms with Crippen molar-refractivity contribution in [3.63, 3.8) is 0 Å². The van der Waals surface area contributed by atoms with E-state index in [9.17, 15) is 0 Å². The maximum atomic E-state index is 3.51. The first-order valence-electron chi connectivity index (χ1n) is 6.90. The molecule has 102 valence electrons. The maximum Gasteiger partial charge on any atom is 0.0159 e. The van der Waals surface area contributed by atoms with Crippen LogP contribution in [0.2, 0.25) is 0 Å². The molecule has 1 nitrogen and oxygen atoms in total. The number of likely N-dealkylation sites (N-methyl/N-ethyl adjacent to an activating group) is 1. The quantitative estimate of drug-likeness (QED) is 0.830. The van der Waals surface area contributed by atoms with Gasteiger partial charge >= 0.3 is 0 Å². The van der Waals surface area contributed by atoms with Crippen LogP contribution in [0.15, 0.2) is 47.8 Å². The standard InChI is InChI=1S/C17H23NS/c1-17(2,14-8-5-4-6-9-14)16(18-3)12-11-15-10-7-13-19-15/h4-10,13,16,18H,11-12H2,1-3H3. The molecule has 1 heterocycles. The summed E-state index contributed by atoms with van der Waals surface area (Å²) in [5.74, 6) is 0. The second kappa shape index (κ2) is 6.36. The fourth-order valence-electron chi connectivity index (χ4n) is 2.68. The molecule has 2 heteroatoms. The van der Waals surface area contributed by atoms with Crippen molar-refractivity contribution < 1.29 is 0 Å². The average molecular weight is 273 g/mol. The smallest absolute Gasteiger partial charge is 0.0159 e. The van der Waals surface area contributed by atoms with Gasteiger partial charge in [0.25, 0.3) is 0 Å². The van der Waals surface area contributed by atoms with Crippen LogP contribution in [0.5, 0.6) is 0 Å². The minimum absolute atomic E-state index is 0.146. The minimum Gasteiger partial charge on any atom is -0.316 e. The van der Waals surface area contributed by atoms with Gasteiger partial charge in [0.1, 0.15) is 0 Å². The highest BCUT2D eigenvalue weighted by atomic mass is 32.1. The summed E-state index contributed by atoms with van der Waals surface area (Å²) in [4.78, 5) is 1.48. The SMILES string of the molecule is CNC(CCc1cccs1)C(C)(C)c1ccccc1. The lowest BCUT2D eigenvalue weighted by Crippen LogP contribution is -2.43. The first-order chi connectivity index (χ1) is 9.14. The monoisotopic (exact) mass is 273 g/mol. The molecule has 1 atom stereocenters. The molecular formula is C17H23NS. The van der Waals surface area contributed by atoms with E-state index in [2.05, 4.69) is 74.1 Å². The molecular weight excluding hydrogens is 250 g/mol. The molecule has 0 saturated carbocycles. The summed E-state index contributed by atoms with van der Waals surface area (Å²) in [7, 11) is 2.07. The van der Waals surface area contributed by atoms with Gasteiger partial charge < -0.3 is 5.32 Å². The van der Waals surface area contributed by atoms with Gasteiger partial charge in [-0.2, -0.15) is 0 Å². The van der Waals surface area contributed by atoms with E-state index in [0.717, 1.165) is 6.42 Å². The summed E-state index contributed by atoms with van der Waals surface area (Å²) in [6.07, 6.45) is 2.32. The van der Waals surface area contributed by atoms with E-state index < -0.39 is 0 Å². The highest BCUT2D eigenvalue weighted by Crippen LogP contribution is 2.29. The van der Waals surface area contributed by atoms with Gasteiger partial charge in [0.2, 0.25) is 0 Å². The molecule has 1 aromatic heterocycles. The van der Waals surface area contributed by atoms with Crippen molar-refractivity contribution in [2.45, 2.75) is 38.1 Å². The van der Waals surface area contributed by atoms with Gasteiger partial charge in [-0.3, -0.25) is 0 Å². The molecule has 2 aromatic rings. The second-order valence-electron chi connectivity index (χ2n) is 5.55. The van der Waals surface area contributed by atoms with E-state index in [1.54, 1.807) is 0 Å². The van der Waals surface area contributed by atoms with Crippen LogP contribution in [0.4, 0.5) is 0 Å². The predicted molar refractivity (Wildman–Crippen MR) is 85.0 cm³/mol. The summed E-state index contributed by atoms with van der Waals surface area (Å²) in [5, 5.41) is 5.67. The largest absolute Gasteiger partial charge is 0.316 e. The lowest BCUT2D eigenvalue weighted by Gasteiger charge is -2.35. The zero-order valence-electron chi connectivity index (χ0n) is 12.0. The number of hydrogen-bond acceptors (Lipinski definition) is 2. The number of benzene rings is 1. The third-order valence-electron chi connectivity index (χ3n) is 4.00. The molecule has 2 rings (SSSR count). The lowest BCUT2D eigenvalue weighted by molar-refractivity contribution is 0.341. The van der Waals surface area contributed by atoms with Crippen molar-refractivity contribution in [2.24, 2.45) is 0 Å². The van der Waals surface area contributed by atoms with Crippen molar-refractivity contribution in [1.29, 1.82) is 0 Å². The highest BCUT2D eigenvalue weighted by molar-refractivity contribution is 7.09. The maximum absolute atomic E-state index is 3.51. The Labute approximate surface area is 120 Å². The van der Waals surface area contributed by atoms with Gasteiger partial charge in [0, 0.05) is 16.3 Å². The summed E-state index contributed by atoms with van der Waals surface area (Å²) < 4.78 is 0. The average Bonchev–Trinajstić information content (AvgIpc) is 2.93. The third-order valence-corrected chi connectivity index (χ3v) is 4.93. The van der Waals surface area contributed by atoms with E-state index in [1.165, 1.54) is 16.9 Å². The Kier molecular flexibility index (Phi) is 4.78. The van der Waals surface area contributed by atoms with Crippen molar-refractivity contribution in [3.05, 3.63) is 58.3 Å². The molecule has 0 radical (unpaired) electrons. The molecule has 0 aliphatic rings. The van der Waals surface area contributed by atoms with Gasteiger partial charge in [-0.1, -0.05) is 50.2 Å². The number of rotatable bonds is 6. The van der Waals surface area contributed by atoms with Crippen LogP contribution in [0.1, 0.15) is 30.7 Å². The molecule has 0 aliphatic heterocycles. The third kappa shape index (κ3) is 3.46. The van der Waals surface area contributed by atoms with Crippen LogP contribution in [0.3, 0.4) is 0 Å². The topological polar surface area (TPSA) is 12.0 Å². The van der Waals surface area contributed by atoms with Crippen LogP contribution < -0.4 is 5.32 Å². The Morgan fingerprint density at radius 2 is 1.84 bits per heavy atom. The van der Waals surface area contributed by atoms with E-state index in [0.29, 0.717) is 6.04 Å². The molecule has 0 aliphatic carbocycles. The van der Waals surface area contributed by atoms with Crippen molar-refractivity contribution in [2.75, 3.05) is 7.05 Å². The first kappa shape index (κ1) is 14.3. The first-order valence-corrected chi connectivity index (χ1v) is 7.77. The normalized spacial score (nSPS) is 13.4. The Hall–Kier alpha value is -1.12. The number of hydrogen-bond donors (Lipinski definition) is 1. The zero-order valence-corrected chi connectivity index (χ0v) is 12.8. The number of nitrogens with one attached hydrogen (secondary N) is 1. The zero-order chi connectivity index (χ0) is 13.7. The van der Waals surface area contributed by atoms with Crippen molar-refractivity contribution in [3.8, 4) is 0 Å². The minimum atomic E-state index is 0.146. The van der Waals surface area contributed by atoms with Crippen molar-refractivity contribution >= 4 is 11.3 Å². The molecule has 0 bridgehead atoms. The fraction of sp³-hybridized carbons (Fsp3) is 0.412. The Bertz CT molecular complexity index is 473. The van der Waals surface area contributed by atoms with Gasteiger partial charge in [-0.15, -0.1) is 11.3 Å². The van der Waals surface area contributed by atoms with Crippen LogP contribution >= 0.6 is 11.3 Å². The number of aryl methyl sites for hydroxylation is 1. The summed E-state index contributed by atoms with van der Waals surface area (Å²) >= 11 is 1.85.